The second kappa shape index (κ2) is 5.39. The molecular formula is C12H18N2. The molecule has 0 amide bonds. The Hall–Kier alpha value is -1.36. The Morgan fingerprint density at radius 1 is 1.36 bits per heavy atom. The van der Waals surface area contributed by atoms with Gasteiger partial charge in [-0.25, -0.2) is 0 Å². The van der Waals surface area contributed by atoms with Gasteiger partial charge in [-0.05, 0) is 38.5 Å². The van der Waals surface area contributed by atoms with E-state index in [1.54, 1.807) is 6.20 Å². The van der Waals surface area contributed by atoms with Crippen LogP contribution >= 0.6 is 0 Å². The molecule has 1 rings (SSSR count). The molecule has 0 aliphatic heterocycles. The van der Waals surface area contributed by atoms with Gasteiger partial charge in [-0.2, -0.15) is 5.26 Å². The first-order valence-corrected chi connectivity index (χ1v) is 4.90. The third-order valence-electron chi connectivity index (χ3n) is 1.90. The number of hydrogen-bond donors (Lipinski definition) is 0. The number of pyridine rings is 1. The molecule has 0 N–H and O–H groups in total. The predicted molar refractivity (Wildman–Crippen MR) is 59.0 cm³/mol. The van der Waals surface area contributed by atoms with Gasteiger partial charge in [0.05, 0.1) is 11.5 Å². The van der Waals surface area contributed by atoms with Crippen LogP contribution in [0, 0.1) is 18.3 Å². The average molecular weight is 190 g/mol. The molecule has 2 heteroatoms. The highest BCUT2D eigenvalue weighted by Gasteiger charge is 2.19. The van der Waals surface area contributed by atoms with Gasteiger partial charge in [0.15, 0.2) is 0 Å². The van der Waals surface area contributed by atoms with E-state index in [0.717, 1.165) is 11.3 Å². The standard InChI is InChI=1S/C10H12N2.C2H6/c1-8-6-9(4-5-12-8)10(2,3)7-11;1-2/h4-6H,1-3H3;1-2H3. The van der Waals surface area contributed by atoms with E-state index < -0.39 is 5.41 Å². The molecule has 2 nitrogen and oxygen atoms in total. The summed E-state index contributed by atoms with van der Waals surface area (Å²) in [5, 5.41) is 8.87. The Labute approximate surface area is 86.6 Å². The molecule has 0 spiro atoms. The van der Waals surface area contributed by atoms with Crippen molar-refractivity contribution in [3.05, 3.63) is 29.6 Å². The van der Waals surface area contributed by atoms with Crippen LogP contribution in [0.5, 0.6) is 0 Å². The van der Waals surface area contributed by atoms with Crippen molar-refractivity contribution in [1.82, 2.24) is 4.98 Å². The molecule has 76 valence electrons. The van der Waals surface area contributed by atoms with E-state index in [-0.39, 0.29) is 0 Å². The van der Waals surface area contributed by atoms with Crippen LogP contribution in [0.15, 0.2) is 18.3 Å². The largest absolute Gasteiger partial charge is 0.262 e. The monoisotopic (exact) mass is 190 g/mol. The summed E-state index contributed by atoms with van der Waals surface area (Å²) >= 11 is 0. The lowest BCUT2D eigenvalue weighted by Crippen LogP contribution is -2.13. The fraction of sp³-hybridized carbons (Fsp3) is 0.500. The van der Waals surface area contributed by atoms with Crippen LogP contribution in [0.2, 0.25) is 0 Å². The summed E-state index contributed by atoms with van der Waals surface area (Å²) < 4.78 is 0. The molecule has 1 aromatic rings. The van der Waals surface area contributed by atoms with Gasteiger partial charge in [0.2, 0.25) is 0 Å². The van der Waals surface area contributed by atoms with Gasteiger partial charge in [0.1, 0.15) is 0 Å². The van der Waals surface area contributed by atoms with Gasteiger partial charge in [-0.1, -0.05) is 13.8 Å². The maximum Gasteiger partial charge on any atom is 0.0767 e. The number of nitrogens with zero attached hydrogens (tertiary/aromatic N) is 2. The Morgan fingerprint density at radius 3 is 2.36 bits per heavy atom. The summed E-state index contributed by atoms with van der Waals surface area (Å²) in [5.74, 6) is 0. The molecule has 1 aromatic heterocycles. The lowest BCUT2D eigenvalue weighted by molar-refractivity contribution is 0.684. The summed E-state index contributed by atoms with van der Waals surface area (Å²) in [4.78, 5) is 4.08. The minimum atomic E-state index is -0.409. The average Bonchev–Trinajstić information content (AvgIpc) is 2.21. The van der Waals surface area contributed by atoms with E-state index in [1.165, 1.54) is 0 Å². The van der Waals surface area contributed by atoms with Gasteiger partial charge in [-0.15, -0.1) is 0 Å². The first kappa shape index (κ1) is 12.6. The van der Waals surface area contributed by atoms with E-state index in [2.05, 4.69) is 11.1 Å². The Bertz CT molecular complexity index is 321. The molecule has 0 unspecified atom stereocenters. The number of aromatic nitrogens is 1. The molecule has 0 aliphatic rings. The Morgan fingerprint density at radius 2 is 1.93 bits per heavy atom. The molecule has 1 heterocycles. The van der Waals surface area contributed by atoms with Crippen molar-refractivity contribution >= 4 is 0 Å². The maximum atomic E-state index is 8.87. The van der Waals surface area contributed by atoms with E-state index in [0.29, 0.717) is 0 Å². The lowest BCUT2D eigenvalue weighted by Gasteiger charge is -2.15. The van der Waals surface area contributed by atoms with Gasteiger partial charge in [0.25, 0.3) is 0 Å². The van der Waals surface area contributed by atoms with Crippen molar-refractivity contribution in [2.45, 2.75) is 40.0 Å². The van der Waals surface area contributed by atoms with E-state index in [9.17, 15) is 0 Å². The normalized spacial score (nSPS) is 9.71. The minimum Gasteiger partial charge on any atom is -0.262 e. The van der Waals surface area contributed by atoms with E-state index in [1.807, 2.05) is 46.8 Å². The molecule has 14 heavy (non-hydrogen) atoms. The van der Waals surface area contributed by atoms with Crippen molar-refractivity contribution in [1.29, 1.82) is 5.26 Å². The fourth-order valence-electron chi connectivity index (χ4n) is 0.999. The molecule has 0 fully saturated rings. The zero-order valence-electron chi connectivity index (χ0n) is 9.63. The first-order valence-electron chi connectivity index (χ1n) is 4.90. The molecule has 0 atom stereocenters. The molecule has 0 aromatic carbocycles. The summed E-state index contributed by atoms with van der Waals surface area (Å²) in [6, 6.07) is 6.09. The highest BCUT2D eigenvalue weighted by atomic mass is 14.6. The number of hydrogen-bond acceptors (Lipinski definition) is 2. The van der Waals surface area contributed by atoms with Gasteiger partial charge >= 0.3 is 0 Å². The lowest BCUT2D eigenvalue weighted by atomic mass is 9.87. The van der Waals surface area contributed by atoms with Crippen LogP contribution in [0.25, 0.3) is 0 Å². The molecule has 0 saturated heterocycles. The van der Waals surface area contributed by atoms with Crippen LogP contribution in [-0.2, 0) is 5.41 Å². The Kier molecular flexibility index (Phi) is 4.86. The van der Waals surface area contributed by atoms with Gasteiger partial charge in [0, 0.05) is 11.9 Å². The fourth-order valence-corrected chi connectivity index (χ4v) is 0.999. The Balaban J connectivity index is 0.000000791. The summed E-state index contributed by atoms with van der Waals surface area (Å²) in [6.07, 6.45) is 1.74. The maximum absolute atomic E-state index is 8.87. The molecular weight excluding hydrogens is 172 g/mol. The second-order valence-electron chi connectivity index (χ2n) is 3.42. The number of nitriles is 1. The topological polar surface area (TPSA) is 36.7 Å². The van der Waals surface area contributed by atoms with Crippen molar-refractivity contribution in [2.24, 2.45) is 0 Å². The van der Waals surface area contributed by atoms with Crippen molar-refractivity contribution in [3.8, 4) is 6.07 Å². The SMILES string of the molecule is CC.Cc1cc(C(C)(C)C#N)ccn1. The number of aryl methyl sites for hydroxylation is 1. The summed E-state index contributed by atoms with van der Waals surface area (Å²) in [7, 11) is 0. The molecule has 0 aliphatic carbocycles. The zero-order valence-corrected chi connectivity index (χ0v) is 9.63. The van der Waals surface area contributed by atoms with Gasteiger partial charge < -0.3 is 0 Å². The molecule has 0 saturated carbocycles. The van der Waals surface area contributed by atoms with E-state index in [4.69, 9.17) is 5.26 Å². The molecule has 0 radical (unpaired) electrons. The second-order valence-corrected chi connectivity index (χ2v) is 3.42. The highest BCUT2D eigenvalue weighted by Crippen LogP contribution is 2.21. The highest BCUT2D eigenvalue weighted by molar-refractivity contribution is 5.29. The van der Waals surface area contributed by atoms with Crippen molar-refractivity contribution in [2.75, 3.05) is 0 Å². The predicted octanol–water partition coefficient (Wildman–Crippen LogP) is 3.22. The van der Waals surface area contributed by atoms with Crippen molar-refractivity contribution < 1.29 is 0 Å². The van der Waals surface area contributed by atoms with Crippen LogP contribution < -0.4 is 0 Å². The molecule has 0 bridgehead atoms. The smallest absolute Gasteiger partial charge is 0.0767 e. The third-order valence-corrected chi connectivity index (χ3v) is 1.90. The van der Waals surface area contributed by atoms with Crippen LogP contribution in [0.3, 0.4) is 0 Å². The van der Waals surface area contributed by atoms with Crippen LogP contribution in [0.4, 0.5) is 0 Å². The van der Waals surface area contributed by atoms with Crippen LogP contribution in [0.1, 0.15) is 39.0 Å². The third kappa shape index (κ3) is 3.18. The van der Waals surface area contributed by atoms with Crippen molar-refractivity contribution in [3.63, 3.8) is 0 Å². The summed E-state index contributed by atoms with van der Waals surface area (Å²) in [6.45, 7) is 9.74. The zero-order chi connectivity index (χ0) is 11.2. The van der Waals surface area contributed by atoms with Gasteiger partial charge in [-0.3, -0.25) is 4.98 Å². The van der Waals surface area contributed by atoms with Crippen LogP contribution in [-0.4, -0.2) is 4.98 Å². The van der Waals surface area contributed by atoms with E-state index >= 15 is 0 Å². The number of rotatable bonds is 1. The summed E-state index contributed by atoms with van der Waals surface area (Å²) in [5.41, 5.74) is 1.57. The first-order chi connectivity index (χ1) is 6.56. The quantitative estimate of drug-likeness (QED) is 0.681. The minimum absolute atomic E-state index is 0.409.